The molecular formula is C18H19NO6. The average Bonchev–Trinajstić information content (AvgIpc) is 3.33. The molecule has 0 aliphatic heterocycles. The van der Waals surface area contributed by atoms with Crippen molar-refractivity contribution >= 4 is 11.9 Å². The van der Waals surface area contributed by atoms with Crippen LogP contribution in [-0.4, -0.2) is 42.1 Å². The molecule has 1 aliphatic carbocycles. The summed E-state index contributed by atoms with van der Waals surface area (Å²) in [4.78, 5) is 25.5. The van der Waals surface area contributed by atoms with Gasteiger partial charge in [-0.3, -0.25) is 4.79 Å². The molecule has 2 aromatic rings. The minimum Gasteiger partial charge on any atom is -0.497 e. The van der Waals surface area contributed by atoms with Gasteiger partial charge in [-0.2, -0.15) is 0 Å². The highest BCUT2D eigenvalue weighted by Crippen LogP contribution is 2.33. The van der Waals surface area contributed by atoms with Gasteiger partial charge in [0.2, 0.25) is 0 Å². The number of carboxylic acids is 1. The zero-order chi connectivity index (χ0) is 18.0. The Hall–Kier alpha value is -2.96. The van der Waals surface area contributed by atoms with Crippen LogP contribution >= 0.6 is 0 Å². The maximum absolute atomic E-state index is 12.8. The highest BCUT2D eigenvalue weighted by atomic mass is 16.5. The largest absolute Gasteiger partial charge is 0.497 e. The molecule has 0 spiro atoms. The van der Waals surface area contributed by atoms with Crippen molar-refractivity contribution in [3.63, 3.8) is 0 Å². The summed E-state index contributed by atoms with van der Waals surface area (Å²) < 4.78 is 15.8. The second-order valence-electron chi connectivity index (χ2n) is 5.85. The van der Waals surface area contributed by atoms with E-state index in [-0.39, 0.29) is 23.3 Å². The Bertz CT molecular complexity index is 793. The summed E-state index contributed by atoms with van der Waals surface area (Å²) in [5, 5.41) is 8.99. The molecule has 7 heteroatoms. The monoisotopic (exact) mass is 345 g/mol. The Kier molecular flexibility index (Phi) is 4.65. The normalized spacial score (nSPS) is 13.4. The molecule has 0 saturated heterocycles. The first-order valence-electron chi connectivity index (χ1n) is 7.87. The molecule has 0 unspecified atom stereocenters. The highest BCUT2D eigenvalue weighted by Gasteiger charge is 2.35. The quantitative estimate of drug-likeness (QED) is 0.830. The van der Waals surface area contributed by atoms with E-state index in [0.29, 0.717) is 18.0 Å². The van der Waals surface area contributed by atoms with Gasteiger partial charge in [-0.25, -0.2) is 4.79 Å². The molecule has 1 fully saturated rings. The van der Waals surface area contributed by atoms with Crippen molar-refractivity contribution in [2.24, 2.45) is 0 Å². The number of rotatable bonds is 7. The van der Waals surface area contributed by atoms with E-state index in [1.807, 2.05) is 6.07 Å². The van der Waals surface area contributed by atoms with Gasteiger partial charge in [-0.1, -0.05) is 0 Å². The Morgan fingerprint density at radius 2 is 2.00 bits per heavy atom. The molecule has 1 N–H and O–H groups in total. The average molecular weight is 345 g/mol. The maximum Gasteiger partial charge on any atom is 0.338 e. The van der Waals surface area contributed by atoms with Crippen LogP contribution in [0.4, 0.5) is 0 Å². The molecule has 1 heterocycles. The van der Waals surface area contributed by atoms with Gasteiger partial charge < -0.3 is 23.9 Å². The van der Waals surface area contributed by atoms with Crippen molar-refractivity contribution < 1.29 is 28.6 Å². The van der Waals surface area contributed by atoms with Crippen LogP contribution in [0.1, 0.15) is 39.3 Å². The van der Waals surface area contributed by atoms with Crippen LogP contribution in [0.25, 0.3) is 0 Å². The van der Waals surface area contributed by atoms with Crippen molar-refractivity contribution in [2.75, 3.05) is 14.2 Å². The summed E-state index contributed by atoms with van der Waals surface area (Å²) in [6.07, 6.45) is 2.89. The van der Waals surface area contributed by atoms with Gasteiger partial charge in [0, 0.05) is 17.7 Å². The van der Waals surface area contributed by atoms with Crippen LogP contribution in [0.2, 0.25) is 0 Å². The van der Waals surface area contributed by atoms with E-state index in [2.05, 4.69) is 0 Å². The lowest BCUT2D eigenvalue weighted by Crippen LogP contribution is -2.32. The van der Waals surface area contributed by atoms with Crippen LogP contribution in [-0.2, 0) is 6.54 Å². The van der Waals surface area contributed by atoms with E-state index < -0.39 is 5.97 Å². The number of carbonyl (C=O) groups is 2. The van der Waals surface area contributed by atoms with Crippen LogP contribution in [0, 0.1) is 0 Å². The van der Waals surface area contributed by atoms with Crippen molar-refractivity contribution in [1.82, 2.24) is 4.90 Å². The van der Waals surface area contributed by atoms with Gasteiger partial charge >= 0.3 is 5.97 Å². The van der Waals surface area contributed by atoms with E-state index in [4.69, 9.17) is 19.0 Å². The van der Waals surface area contributed by atoms with Gasteiger partial charge in [0.25, 0.3) is 5.91 Å². The summed E-state index contributed by atoms with van der Waals surface area (Å²) >= 11 is 0. The summed E-state index contributed by atoms with van der Waals surface area (Å²) in [5.41, 5.74) is 0.769. The summed E-state index contributed by atoms with van der Waals surface area (Å²) in [7, 11) is 3.14. The van der Waals surface area contributed by atoms with Crippen molar-refractivity contribution in [3.05, 3.63) is 47.4 Å². The Balaban J connectivity index is 1.86. The van der Waals surface area contributed by atoms with E-state index >= 15 is 0 Å². The van der Waals surface area contributed by atoms with Crippen LogP contribution < -0.4 is 9.47 Å². The third kappa shape index (κ3) is 3.60. The third-order valence-corrected chi connectivity index (χ3v) is 4.13. The number of hydrogen-bond acceptors (Lipinski definition) is 5. The van der Waals surface area contributed by atoms with Gasteiger partial charge in [0.1, 0.15) is 17.8 Å². The number of ether oxygens (including phenoxy) is 2. The summed E-state index contributed by atoms with van der Waals surface area (Å²) in [6.45, 7) is 0.326. The summed E-state index contributed by atoms with van der Waals surface area (Å²) in [5.74, 6) is -0.114. The number of amides is 1. The van der Waals surface area contributed by atoms with Gasteiger partial charge in [0.15, 0.2) is 5.76 Å². The molecule has 0 atom stereocenters. The number of hydrogen-bond donors (Lipinski definition) is 1. The van der Waals surface area contributed by atoms with Crippen LogP contribution in [0.5, 0.6) is 11.5 Å². The van der Waals surface area contributed by atoms with E-state index in [9.17, 15) is 9.59 Å². The standard InChI is InChI=1S/C18H19NO6/c1-23-14-5-6-15(24-2)11(7-14)9-19(13-3-4-13)17(20)16-8-12(10-25-16)18(21)22/h5-8,10,13H,3-4,9H2,1-2H3,(H,21,22). The SMILES string of the molecule is COc1ccc(OC)c(CN(C(=O)c2cc(C(=O)O)co2)C2CC2)c1. The lowest BCUT2D eigenvalue weighted by molar-refractivity contribution is 0.0687. The number of benzene rings is 1. The van der Waals surface area contributed by atoms with Crippen molar-refractivity contribution in [1.29, 1.82) is 0 Å². The Morgan fingerprint density at radius 3 is 2.56 bits per heavy atom. The lowest BCUT2D eigenvalue weighted by atomic mass is 10.1. The third-order valence-electron chi connectivity index (χ3n) is 4.13. The lowest BCUT2D eigenvalue weighted by Gasteiger charge is -2.23. The molecule has 1 aliphatic rings. The molecule has 0 radical (unpaired) electrons. The fraction of sp³-hybridized carbons (Fsp3) is 0.333. The fourth-order valence-electron chi connectivity index (χ4n) is 2.64. The number of aromatic carboxylic acids is 1. The van der Waals surface area contributed by atoms with Gasteiger partial charge in [-0.15, -0.1) is 0 Å². The molecule has 3 rings (SSSR count). The minimum atomic E-state index is -1.13. The topological polar surface area (TPSA) is 89.2 Å². The number of furan rings is 1. The van der Waals surface area contributed by atoms with Gasteiger partial charge in [-0.05, 0) is 31.0 Å². The zero-order valence-electron chi connectivity index (χ0n) is 14.0. The predicted molar refractivity (Wildman–Crippen MR) is 88.1 cm³/mol. The van der Waals surface area contributed by atoms with Crippen molar-refractivity contribution in [3.8, 4) is 11.5 Å². The number of methoxy groups -OCH3 is 2. The minimum absolute atomic E-state index is 0.0196. The number of carboxylic acid groups (broad SMARTS) is 1. The fourth-order valence-corrected chi connectivity index (χ4v) is 2.64. The molecule has 1 aromatic carbocycles. The highest BCUT2D eigenvalue weighted by molar-refractivity contribution is 5.95. The predicted octanol–water partition coefficient (Wildman–Crippen LogP) is 2.80. The van der Waals surface area contributed by atoms with Crippen LogP contribution in [0.3, 0.4) is 0 Å². The van der Waals surface area contributed by atoms with Crippen molar-refractivity contribution in [2.45, 2.75) is 25.4 Å². The number of nitrogens with zero attached hydrogens (tertiary/aromatic N) is 1. The molecule has 0 bridgehead atoms. The molecule has 1 amide bonds. The molecule has 1 saturated carbocycles. The van der Waals surface area contributed by atoms with E-state index in [1.54, 1.807) is 31.3 Å². The molecule has 25 heavy (non-hydrogen) atoms. The van der Waals surface area contributed by atoms with E-state index in [0.717, 1.165) is 24.7 Å². The second-order valence-corrected chi connectivity index (χ2v) is 5.85. The summed E-state index contributed by atoms with van der Waals surface area (Å²) in [6, 6.07) is 6.77. The second kappa shape index (κ2) is 6.88. The molecule has 1 aromatic heterocycles. The number of carbonyl (C=O) groups excluding carboxylic acids is 1. The molecular weight excluding hydrogens is 326 g/mol. The smallest absolute Gasteiger partial charge is 0.338 e. The Labute approximate surface area is 144 Å². The Morgan fingerprint density at radius 1 is 1.24 bits per heavy atom. The maximum atomic E-state index is 12.8. The first-order valence-corrected chi connectivity index (χ1v) is 7.87. The first-order chi connectivity index (χ1) is 12.0. The van der Waals surface area contributed by atoms with Crippen LogP contribution in [0.15, 0.2) is 34.9 Å². The van der Waals surface area contributed by atoms with Gasteiger partial charge in [0.05, 0.1) is 26.3 Å². The van der Waals surface area contributed by atoms with E-state index in [1.165, 1.54) is 6.07 Å². The molecule has 132 valence electrons. The first kappa shape index (κ1) is 16.9. The molecule has 7 nitrogen and oxygen atoms in total. The zero-order valence-corrected chi connectivity index (χ0v) is 14.0.